The van der Waals surface area contributed by atoms with Gasteiger partial charge in [0, 0.05) is 12.1 Å². The summed E-state index contributed by atoms with van der Waals surface area (Å²) in [6, 6.07) is 12.4. The Morgan fingerprint density at radius 2 is 1.70 bits per heavy atom. The van der Waals surface area contributed by atoms with Crippen LogP contribution in [0, 0.1) is 6.92 Å². The Morgan fingerprint density at radius 1 is 1.00 bits per heavy atom. The number of Topliss-reactive ketones (excluding diaryl/α,β-unsaturated/α-hetero) is 1. The van der Waals surface area contributed by atoms with Crippen LogP contribution in [0.5, 0.6) is 11.5 Å². The highest BCUT2D eigenvalue weighted by Gasteiger charge is 2.16. The van der Waals surface area contributed by atoms with E-state index in [9.17, 15) is 9.59 Å². The lowest BCUT2D eigenvalue weighted by molar-refractivity contribution is -0.117. The highest BCUT2D eigenvalue weighted by Crippen LogP contribution is 2.30. The Balaban J connectivity index is 1.62. The molecule has 118 valence electrons. The third-order valence-electron chi connectivity index (χ3n) is 3.58. The second-order valence-corrected chi connectivity index (χ2v) is 5.36. The van der Waals surface area contributed by atoms with Crippen LogP contribution in [0.4, 0.5) is 0 Å². The molecule has 1 aliphatic rings. The fourth-order valence-electron chi connectivity index (χ4n) is 2.30. The number of aryl methyl sites for hydroxylation is 1. The normalized spacial score (nSPS) is 12.6. The third-order valence-corrected chi connectivity index (χ3v) is 3.58. The number of fused-ring (bicyclic) bond motifs is 1. The van der Waals surface area contributed by atoms with E-state index in [0.29, 0.717) is 30.3 Å². The van der Waals surface area contributed by atoms with Crippen molar-refractivity contribution in [2.24, 2.45) is 0 Å². The maximum atomic E-state index is 12.1. The molecule has 23 heavy (non-hydrogen) atoms. The standard InChI is InChI=1S/C18H17NO4/c1-12-2-5-14(6-3-12)17(20)18(21)19-11-13-4-7-15-16(10-13)23-9-8-22-15/h2-7,10H,8-9,11H2,1H3,(H,19,21). The van der Waals surface area contributed by atoms with Gasteiger partial charge in [-0.3, -0.25) is 9.59 Å². The van der Waals surface area contributed by atoms with Gasteiger partial charge in [-0.15, -0.1) is 0 Å². The minimum absolute atomic E-state index is 0.257. The lowest BCUT2D eigenvalue weighted by Gasteiger charge is -2.18. The van der Waals surface area contributed by atoms with E-state index in [1.54, 1.807) is 30.3 Å². The third kappa shape index (κ3) is 3.51. The molecule has 2 aromatic carbocycles. The Bertz CT molecular complexity index is 737. The predicted molar refractivity (Wildman–Crippen MR) is 84.8 cm³/mol. The van der Waals surface area contributed by atoms with Gasteiger partial charge in [-0.2, -0.15) is 0 Å². The number of ether oxygens (including phenoxy) is 2. The van der Waals surface area contributed by atoms with E-state index in [2.05, 4.69) is 5.32 Å². The molecule has 0 aromatic heterocycles. The van der Waals surface area contributed by atoms with Crippen molar-refractivity contribution >= 4 is 11.7 Å². The van der Waals surface area contributed by atoms with Crippen molar-refractivity contribution in [1.82, 2.24) is 5.32 Å². The zero-order chi connectivity index (χ0) is 16.2. The van der Waals surface area contributed by atoms with E-state index >= 15 is 0 Å². The van der Waals surface area contributed by atoms with Crippen molar-refractivity contribution in [2.75, 3.05) is 13.2 Å². The molecule has 0 atom stereocenters. The minimum atomic E-state index is -0.622. The van der Waals surface area contributed by atoms with E-state index in [-0.39, 0.29) is 6.54 Å². The summed E-state index contributed by atoms with van der Waals surface area (Å²) in [6.45, 7) is 3.23. The molecule has 1 aliphatic heterocycles. The van der Waals surface area contributed by atoms with Gasteiger partial charge < -0.3 is 14.8 Å². The lowest BCUT2D eigenvalue weighted by Crippen LogP contribution is -2.30. The molecule has 0 saturated carbocycles. The summed E-state index contributed by atoms with van der Waals surface area (Å²) in [4.78, 5) is 24.0. The molecule has 0 radical (unpaired) electrons. The van der Waals surface area contributed by atoms with E-state index in [0.717, 1.165) is 11.1 Å². The fourth-order valence-corrected chi connectivity index (χ4v) is 2.30. The van der Waals surface area contributed by atoms with Crippen molar-refractivity contribution in [3.05, 3.63) is 59.2 Å². The molecular formula is C18H17NO4. The second kappa shape index (κ2) is 6.52. The summed E-state index contributed by atoms with van der Waals surface area (Å²) in [6.07, 6.45) is 0. The average molecular weight is 311 g/mol. The molecule has 0 saturated heterocycles. The number of carbonyl (C=O) groups excluding carboxylic acids is 2. The SMILES string of the molecule is Cc1ccc(C(=O)C(=O)NCc2ccc3c(c2)OCCO3)cc1. The summed E-state index contributed by atoms with van der Waals surface area (Å²) < 4.78 is 10.9. The van der Waals surface area contributed by atoms with E-state index in [4.69, 9.17) is 9.47 Å². The summed E-state index contributed by atoms with van der Waals surface area (Å²) in [5.41, 5.74) is 2.27. The van der Waals surface area contributed by atoms with E-state index < -0.39 is 11.7 Å². The second-order valence-electron chi connectivity index (χ2n) is 5.36. The summed E-state index contributed by atoms with van der Waals surface area (Å²) in [7, 11) is 0. The minimum Gasteiger partial charge on any atom is -0.486 e. The first-order chi connectivity index (χ1) is 11.1. The number of nitrogens with one attached hydrogen (secondary N) is 1. The lowest BCUT2D eigenvalue weighted by atomic mass is 10.1. The summed E-state index contributed by atoms with van der Waals surface area (Å²) in [5.74, 6) is 0.196. The predicted octanol–water partition coefficient (Wildman–Crippen LogP) is 2.27. The van der Waals surface area contributed by atoms with E-state index in [1.807, 2.05) is 19.1 Å². The topological polar surface area (TPSA) is 64.6 Å². The molecule has 1 heterocycles. The Kier molecular flexibility index (Phi) is 4.28. The van der Waals surface area contributed by atoms with Gasteiger partial charge in [-0.05, 0) is 24.6 Å². The first-order valence-electron chi connectivity index (χ1n) is 7.41. The van der Waals surface area contributed by atoms with Crippen LogP contribution in [0.25, 0.3) is 0 Å². The average Bonchev–Trinajstić information content (AvgIpc) is 2.59. The molecule has 1 amide bonds. The van der Waals surface area contributed by atoms with Crippen LogP contribution >= 0.6 is 0 Å². The highest BCUT2D eigenvalue weighted by molar-refractivity contribution is 6.42. The molecule has 5 heteroatoms. The molecule has 2 aromatic rings. The van der Waals surface area contributed by atoms with Crippen LogP contribution in [-0.2, 0) is 11.3 Å². The quantitative estimate of drug-likeness (QED) is 0.695. The van der Waals surface area contributed by atoms with E-state index in [1.165, 1.54) is 0 Å². The monoisotopic (exact) mass is 311 g/mol. The van der Waals surface area contributed by atoms with Crippen molar-refractivity contribution in [1.29, 1.82) is 0 Å². The molecule has 3 rings (SSSR count). The zero-order valence-electron chi connectivity index (χ0n) is 12.8. The van der Waals surface area contributed by atoms with Crippen LogP contribution in [0.15, 0.2) is 42.5 Å². The molecule has 0 unspecified atom stereocenters. The molecule has 0 aliphatic carbocycles. The van der Waals surface area contributed by atoms with Gasteiger partial charge in [0.05, 0.1) is 0 Å². The first kappa shape index (κ1) is 15.1. The van der Waals surface area contributed by atoms with Crippen molar-refractivity contribution in [3.63, 3.8) is 0 Å². The van der Waals surface area contributed by atoms with Crippen molar-refractivity contribution in [3.8, 4) is 11.5 Å². The van der Waals surface area contributed by atoms with Gasteiger partial charge in [0.25, 0.3) is 5.91 Å². The zero-order valence-corrected chi connectivity index (χ0v) is 12.8. The maximum absolute atomic E-state index is 12.1. The summed E-state index contributed by atoms with van der Waals surface area (Å²) in [5, 5.41) is 2.63. The number of rotatable bonds is 4. The van der Waals surface area contributed by atoms with Gasteiger partial charge in [-0.1, -0.05) is 35.9 Å². The largest absolute Gasteiger partial charge is 0.486 e. The van der Waals surface area contributed by atoms with Crippen molar-refractivity contribution in [2.45, 2.75) is 13.5 Å². The summed E-state index contributed by atoms with van der Waals surface area (Å²) >= 11 is 0. The smallest absolute Gasteiger partial charge is 0.292 e. The number of carbonyl (C=O) groups is 2. The molecule has 5 nitrogen and oxygen atoms in total. The molecule has 1 N–H and O–H groups in total. The van der Waals surface area contributed by atoms with Crippen LogP contribution in [0.1, 0.15) is 21.5 Å². The number of benzene rings is 2. The molecule has 0 bridgehead atoms. The molecule has 0 spiro atoms. The first-order valence-corrected chi connectivity index (χ1v) is 7.41. The van der Waals surface area contributed by atoms with Crippen LogP contribution in [-0.4, -0.2) is 24.9 Å². The Morgan fingerprint density at radius 3 is 2.43 bits per heavy atom. The molecular weight excluding hydrogens is 294 g/mol. The number of hydrogen-bond donors (Lipinski definition) is 1. The van der Waals surface area contributed by atoms with Crippen LogP contribution in [0.2, 0.25) is 0 Å². The fraction of sp³-hybridized carbons (Fsp3) is 0.222. The Hall–Kier alpha value is -2.82. The van der Waals surface area contributed by atoms with Gasteiger partial charge in [-0.25, -0.2) is 0 Å². The molecule has 0 fully saturated rings. The maximum Gasteiger partial charge on any atom is 0.292 e. The Labute approximate surface area is 134 Å². The van der Waals surface area contributed by atoms with Gasteiger partial charge in [0.1, 0.15) is 13.2 Å². The highest BCUT2D eigenvalue weighted by atomic mass is 16.6. The van der Waals surface area contributed by atoms with Gasteiger partial charge in [0.2, 0.25) is 5.78 Å². The number of amides is 1. The van der Waals surface area contributed by atoms with Crippen LogP contribution < -0.4 is 14.8 Å². The van der Waals surface area contributed by atoms with Crippen LogP contribution in [0.3, 0.4) is 0 Å². The van der Waals surface area contributed by atoms with Gasteiger partial charge in [0.15, 0.2) is 11.5 Å². The number of hydrogen-bond acceptors (Lipinski definition) is 4. The van der Waals surface area contributed by atoms with Gasteiger partial charge >= 0.3 is 0 Å². The van der Waals surface area contributed by atoms with Crippen molar-refractivity contribution < 1.29 is 19.1 Å². The number of ketones is 1.